The van der Waals surface area contributed by atoms with E-state index >= 15 is 0 Å². The number of anilines is 1. The summed E-state index contributed by atoms with van der Waals surface area (Å²) in [5.41, 5.74) is 0.716. The Bertz CT molecular complexity index is 1770. The molecule has 2 heterocycles. The van der Waals surface area contributed by atoms with Crippen molar-refractivity contribution >= 4 is 47.0 Å². The molecule has 9 atom stereocenters. The molecule has 0 saturated carbocycles. The third kappa shape index (κ3) is 10.6. The van der Waals surface area contributed by atoms with Crippen molar-refractivity contribution in [1.82, 2.24) is 31.5 Å². The number of aliphatic hydroxyl groups is 1. The minimum atomic E-state index is -1.53. The van der Waals surface area contributed by atoms with Gasteiger partial charge in [-0.25, -0.2) is 0 Å². The number of nitrogens with zero attached hydrogens (tertiary/aromatic N) is 1. The van der Waals surface area contributed by atoms with Crippen LogP contribution in [0.3, 0.4) is 0 Å². The number of phenols is 1. The van der Waals surface area contributed by atoms with Crippen LogP contribution in [0.15, 0.2) is 48.5 Å². The van der Waals surface area contributed by atoms with Crippen LogP contribution in [0.4, 0.5) is 5.69 Å². The van der Waals surface area contributed by atoms with E-state index < -0.39 is 89.6 Å². The Balaban J connectivity index is 1.78. The summed E-state index contributed by atoms with van der Waals surface area (Å²) in [4.78, 5) is 98.4. The fraction of sp³-hybridized carbons (Fsp3) is 0.525. The van der Waals surface area contributed by atoms with E-state index in [4.69, 9.17) is 0 Å². The van der Waals surface area contributed by atoms with Crippen LogP contribution in [-0.4, -0.2) is 105 Å². The second-order valence-electron chi connectivity index (χ2n) is 14.8. The molecule has 0 radical (unpaired) electrons. The highest BCUT2D eigenvalue weighted by atomic mass is 16.3. The Morgan fingerprint density at radius 1 is 0.714 bits per heavy atom. The Morgan fingerprint density at radius 2 is 1.32 bits per heavy atom. The number of hydrogen-bond donors (Lipinski definition) is 8. The van der Waals surface area contributed by atoms with Crippen LogP contribution < -0.4 is 31.9 Å². The third-order valence-electron chi connectivity index (χ3n) is 10.7. The number of nitrogens with one attached hydrogen (secondary N) is 6. The van der Waals surface area contributed by atoms with Crippen molar-refractivity contribution in [1.29, 1.82) is 0 Å². The molecule has 0 spiro atoms. The summed E-state index contributed by atoms with van der Waals surface area (Å²) in [6.07, 6.45) is 0.301. The topological polar surface area (TPSA) is 235 Å². The van der Waals surface area contributed by atoms with Gasteiger partial charge in [-0.1, -0.05) is 64.8 Å². The molecular weight excluding hydrogens is 722 g/mol. The molecule has 4 rings (SSSR count). The minimum absolute atomic E-state index is 0.00640. The molecule has 16 nitrogen and oxygen atoms in total. The second-order valence-corrected chi connectivity index (χ2v) is 14.8. The largest absolute Gasteiger partial charge is 0.508 e. The number of para-hydroxylation sites is 1. The van der Waals surface area contributed by atoms with Crippen LogP contribution >= 0.6 is 0 Å². The molecule has 9 unspecified atom stereocenters. The van der Waals surface area contributed by atoms with Crippen LogP contribution in [-0.2, 0) is 35.2 Å². The van der Waals surface area contributed by atoms with Crippen molar-refractivity contribution < 1.29 is 43.8 Å². The number of amides is 7. The van der Waals surface area contributed by atoms with Gasteiger partial charge >= 0.3 is 0 Å². The summed E-state index contributed by atoms with van der Waals surface area (Å²) >= 11 is 0. The van der Waals surface area contributed by atoms with Crippen molar-refractivity contribution in [2.75, 3.05) is 11.9 Å². The summed E-state index contributed by atoms with van der Waals surface area (Å²) in [6.45, 7) is 10.1. The molecule has 304 valence electrons. The number of fused-ring (bicyclic) bond motifs is 2. The lowest BCUT2D eigenvalue weighted by atomic mass is 9.96. The molecule has 1 fully saturated rings. The maximum atomic E-state index is 14.3. The summed E-state index contributed by atoms with van der Waals surface area (Å²) in [5.74, 6) is -5.64. The lowest BCUT2D eigenvalue weighted by molar-refractivity contribution is -0.142. The van der Waals surface area contributed by atoms with Gasteiger partial charge in [-0.3, -0.25) is 33.6 Å². The van der Waals surface area contributed by atoms with E-state index in [-0.39, 0.29) is 35.9 Å². The van der Waals surface area contributed by atoms with Gasteiger partial charge in [-0.05, 0) is 68.4 Å². The summed E-state index contributed by atoms with van der Waals surface area (Å²) in [7, 11) is 0. The van der Waals surface area contributed by atoms with Crippen LogP contribution in [0.1, 0.15) is 83.1 Å². The number of carbonyl (C=O) groups excluding carboxylic acids is 7. The average Bonchev–Trinajstić information content (AvgIpc) is 3.67. The van der Waals surface area contributed by atoms with Crippen LogP contribution in [0.5, 0.6) is 5.75 Å². The van der Waals surface area contributed by atoms with Gasteiger partial charge in [0.15, 0.2) is 0 Å². The average molecular weight is 778 g/mol. The number of carbonyl (C=O) groups is 7. The number of hydrogen-bond acceptors (Lipinski definition) is 9. The fourth-order valence-corrected chi connectivity index (χ4v) is 6.74. The van der Waals surface area contributed by atoms with Gasteiger partial charge < -0.3 is 47.0 Å². The Morgan fingerprint density at radius 3 is 1.96 bits per heavy atom. The van der Waals surface area contributed by atoms with Crippen LogP contribution in [0.2, 0.25) is 0 Å². The molecule has 16 heteroatoms. The molecule has 0 bridgehead atoms. The first-order chi connectivity index (χ1) is 26.6. The predicted octanol–water partition coefficient (Wildman–Crippen LogP) is 1.11. The van der Waals surface area contributed by atoms with Crippen LogP contribution in [0, 0.1) is 11.8 Å². The van der Waals surface area contributed by atoms with Gasteiger partial charge in [-0.15, -0.1) is 0 Å². The molecule has 56 heavy (non-hydrogen) atoms. The van der Waals surface area contributed by atoms with Crippen LogP contribution in [0.25, 0.3) is 0 Å². The van der Waals surface area contributed by atoms with E-state index in [1.54, 1.807) is 38.1 Å². The maximum Gasteiger partial charge on any atom is 0.254 e. The lowest BCUT2D eigenvalue weighted by Crippen LogP contribution is -2.62. The molecule has 2 aliphatic rings. The van der Waals surface area contributed by atoms with Gasteiger partial charge in [0.05, 0.1) is 17.4 Å². The van der Waals surface area contributed by atoms with E-state index in [0.29, 0.717) is 31.2 Å². The first-order valence-corrected chi connectivity index (χ1v) is 19.2. The summed E-state index contributed by atoms with van der Waals surface area (Å²) < 4.78 is 0. The number of aromatic hydroxyl groups is 1. The molecule has 2 aliphatic heterocycles. The minimum Gasteiger partial charge on any atom is -0.508 e. The molecule has 8 N–H and O–H groups in total. The molecule has 7 amide bonds. The van der Waals surface area contributed by atoms with Gasteiger partial charge in [-0.2, -0.15) is 0 Å². The van der Waals surface area contributed by atoms with E-state index in [1.165, 1.54) is 43.0 Å². The smallest absolute Gasteiger partial charge is 0.254 e. The zero-order valence-electron chi connectivity index (χ0n) is 32.8. The number of benzene rings is 2. The highest BCUT2D eigenvalue weighted by molar-refractivity contribution is 6.07. The van der Waals surface area contributed by atoms with E-state index in [0.717, 1.165) is 0 Å². The van der Waals surface area contributed by atoms with Gasteiger partial charge in [0.1, 0.15) is 42.0 Å². The van der Waals surface area contributed by atoms with Crippen molar-refractivity contribution in [3.8, 4) is 5.75 Å². The zero-order valence-corrected chi connectivity index (χ0v) is 32.8. The van der Waals surface area contributed by atoms with E-state index in [9.17, 15) is 43.8 Å². The van der Waals surface area contributed by atoms with Crippen molar-refractivity contribution in [3.05, 3.63) is 59.7 Å². The monoisotopic (exact) mass is 777 g/mol. The number of phenolic OH excluding ortho intramolecular Hbond substituents is 1. The number of rotatable bonds is 7. The quantitative estimate of drug-likeness (QED) is 0.201. The van der Waals surface area contributed by atoms with Gasteiger partial charge in [0.25, 0.3) is 5.91 Å². The summed E-state index contributed by atoms with van der Waals surface area (Å²) in [5, 5.41) is 36.5. The second kappa shape index (κ2) is 19.4. The Kier molecular flexibility index (Phi) is 15.0. The molecule has 0 aromatic heterocycles. The molecule has 1 saturated heterocycles. The maximum absolute atomic E-state index is 14.3. The SMILES string of the molecule is CCC(C)C1NC(=O)C2CCCN2C(=O)C(C(C)CC)NC(=O)c2ccccc2NC(=O)C(Cc2ccc(O)cc2)NC(=O)C(C)NC(=O)C(C(C)O)NC1=O. The number of aliphatic hydroxyl groups excluding tert-OH is 1. The van der Waals surface area contributed by atoms with Crippen molar-refractivity contribution in [2.24, 2.45) is 11.8 Å². The molecule has 2 aromatic rings. The first-order valence-electron chi connectivity index (χ1n) is 19.2. The van der Waals surface area contributed by atoms with Crippen molar-refractivity contribution in [3.63, 3.8) is 0 Å². The molecule has 0 aliphatic carbocycles. The zero-order chi connectivity index (χ0) is 41.3. The Labute approximate surface area is 326 Å². The normalized spacial score (nSPS) is 26.3. The standard InChI is InChI=1S/C40H55N7O9/c1-7-21(3)31-38(54)46-33(24(6)48)39(55)41-23(5)34(50)43-29(20-25-15-17-26(49)18-16-25)36(52)42-28-13-10-9-12-27(28)35(51)45-32(22(4)8-2)40(56)47-19-11-14-30(47)37(53)44-31/h9-10,12-13,15-18,21-24,29-33,48-49H,7-8,11,14,19-20H2,1-6H3,(H,41,55)(H,42,52)(H,43,50)(H,44,53)(H,45,51)(H,46,54). The summed E-state index contributed by atoms with van der Waals surface area (Å²) in [6, 6.07) is 4.99. The lowest BCUT2D eigenvalue weighted by Gasteiger charge is -2.33. The van der Waals surface area contributed by atoms with Gasteiger partial charge in [0, 0.05) is 13.0 Å². The molecular formula is C40H55N7O9. The highest BCUT2D eigenvalue weighted by Crippen LogP contribution is 2.24. The predicted molar refractivity (Wildman–Crippen MR) is 207 cm³/mol. The molecule has 2 aromatic carbocycles. The fourth-order valence-electron chi connectivity index (χ4n) is 6.74. The first kappa shape index (κ1) is 43.2. The van der Waals surface area contributed by atoms with E-state index in [2.05, 4.69) is 31.9 Å². The van der Waals surface area contributed by atoms with Gasteiger partial charge in [0.2, 0.25) is 35.4 Å². The highest BCUT2D eigenvalue weighted by Gasteiger charge is 2.42. The third-order valence-corrected chi connectivity index (χ3v) is 10.7. The van der Waals surface area contributed by atoms with Crippen molar-refractivity contribution in [2.45, 2.75) is 116 Å². The van der Waals surface area contributed by atoms with E-state index in [1.807, 2.05) is 13.8 Å². The Hall–Kier alpha value is -5.51.